The van der Waals surface area contributed by atoms with Gasteiger partial charge in [0, 0.05) is 12.4 Å². The van der Waals surface area contributed by atoms with Crippen LogP contribution < -0.4 is 3.69 Å². The predicted molar refractivity (Wildman–Crippen MR) is 38.6 cm³/mol. The normalized spacial score (nSPS) is 8.12. The Morgan fingerprint density at radius 3 is 2.88 bits per heavy atom. The molecule has 0 aliphatic rings. The van der Waals surface area contributed by atoms with Crippen LogP contribution in [0.4, 0.5) is 0 Å². The van der Waals surface area contributed by atoms with Crippen LogP contribution in [0.15, 0.2) is 24.5 Å². The van der Waals surface area contributed by atoms with Crippen molar-refractivity contribution in [3.05, 3.63) is 24.5 Å². The molecule has 0 aliphatic carbocycles. The standard InChI is InChI=1S/C5H4N.BrH.Mg/c1-2-4-6-5-3-1;;/h1-2,4-5H;1H;/q;;+1/p-1. The van der Waals surface area contributed by atoms with E-state index in [4.69, 9.17) is 0 Å². The SMILES string of the molecule is [Br][Mg][c]1cccnc1. The average molecular weight is 182 g/mol. The van der Waals surface area contributed by atoms with E-state index >= 15 is 0 Å². The number of rotatable bonds is 1. The van der Waals surface area contributed by atoms with E-state index in [2.05, 4.69) is 23.9 Å². The fourth-order valence-corrected chi connectivity index (χ4v) is 1.87. The molecular formula is C5H4BrMgN. The molecule has 0 atom stereocenters. The van der Waals surface area contributed by atoms with Crippen molar-refractivity contribution in [3.63, 3.8) is 0 Å². The molecule has 0 fully saturated rings. The summed E-state index contributed by atoms with van der Waals surface area (Å²) < 4.78 is 1.35. The molecule has 3 heteroatoms. The van der Waals surface area contributed by atoms with Crippen molar-refractivity contribution < 1.29 is 0 Å². The van der Waals surface area contributed by atoms with E-state index in [1.165, 1.54) is 3.69 Å². The molecule has 0 saturated carbocycles. The van der Waals surface area contributed by atoms with Gasteiger partial charge in [0.1, 0.15) is 0 Å². The lowest BCUT2D eigenvalue weighted by Crippen LogP contribution is -2.06. The lowest BCUT2D eigenvalue weighted by molar-refractivity contribution is 1.35. The van der Waals surface area contributed by atoms with E-state index in [9.17, 15) is 0 Å². The lowest BCUT2D eigenvalue weighted by atomic mass is 10.5. The third-order valence-electron chi connectivity index (χ3n) is 0.877. The summed E-state index contributed by atoms with van der Waals surface area (Å²) in [6, 6.07) is 4.05. The largest absolute Gasteiger partial charge is 0.509 e. The Morgan fingerprint density at radius 2 is 2.50 bits per heavy atom. The highest BCUT2D eigenvalue weighted by Gasteiger charge is 1.89. The van der Waals surface area contributed by atoms with Gasteiger partial charge in [0.15, 0.2) is 0 Å². The zero-order valence-corrected chi connectivity index (χ0v) is 7.34. The minimum atomic E-state index is -0.159. The molecule has 1 nitrogen and oxygen atoms in total. The second kappa shape index (κ2) is 3.43. The zero-order valence-electron chi connectivity index (χ0n) is 4.34. The Labute approximate surface area is 64.1 Å². The van der Waals surface area contributed by atoms with Crippen molar-refractivity contribution in [2.75, 3.05) is 0 Å². The molecule has 0 unspecified atom stereocenters. The van der Waals surface area contributed by atoms with Gasteiger partial charge in [0.25, 0.3) is 0 Å². The minimum absolute atomic E-state index is 0.159. The number of aromatic nitrogens is 1. The van der Waals surface area contributed by atoms with Gasteiger partial charge in [0.05, 0.1) is 0 Å². The highest BCUT2D eigenvalue weighted by atomic mass is 79.9. The monoisotopic (exact) mass is 181 g/mol. The van der Waals surface area contributed by atoms with Crippen LogP contribution in [-0.2, 0) is 0 Å². The smallest absolute Gasteiger partial charge is 0.296 e. The van der Waals surface area contributed by atoms with Gasteiger partial charge < -0.3 is 0 Å². The quantitative estimate of drug-likeness (QED) is 0.583. The van der Waals surface area contributed by atoms with Crippen molar-refractivity contribution >= 4 is 34.8 Å². The Balaban J connectivity index is 2.83. The molecule has 0 spiro atoms. The first-order chi connectivity index (χ1) is 3.93. The summed E-state index contributed by atoms with van der Waals surface area (Å²) in [5, 5.41) is 0. The van der Waals surface area contributed by atoms with Crippen molar-refractivity contribution in [1.82, 2.24) is 4.98 Å². The van der Waals surface area contributed by atoms with Gasteiger partial charge in [-0.1, -0.05) is 6.07 Å². The Hall–Kier alpha value is 0.396. The van der Waals surface area contributed by atoms with Crippen LogP contribution in [0.2, 0.25) is 0 Å². The van der Waals surface area contributed by atoms with Crippen molar-refractivity contribution in [1.29, 1.82) is 0 Å². The second-order valence-electron chi connectivity index (χ2n) is 1.49. The van der Waals surface area contributed by atoms with Crippen molar-refractivity contribution in [3.8, 4) is 0 Å². The minimum Gasteiger partial charge on any atom is -0.296 e. The van der Waals surface area contributed by atoms with Crippen LogP contribution in [0.1, 0.15) is 0 Å². The van der Waals surface area contributed by atoms with E-state index in [0.717, 1.165) is 0 Å². The number of hydrogen-bond acceptors (Lipinski definition) is 1. The van der Waals surface area contributed by atoms with Crippen LogP contribution in [0.3, 0.4) is 0 Å². The van der Waals surface area contributed by atoms with E-state index in [1.54, 1.807) is 6.20 Å². The van der Waals surface area contributed by atoms with E-state index in [-0.39, 0.29) is 18.2 Å². The first kappa shape index (κ1) is 6.52. The maximum absolute atomic E-state index is 3.96. The van der Waals surface area contributed by atoms with Gasteiger partial charge in [-0.05, 0) is 6.07 Å². The Kier molecular flexibility index (Phi) is 2.79. The topological polar surface area (TPSA) is 12.9 Å². The molecule has 0 N–H and O–H groups in total. The molecule has 1 rings (SSSR count). The molecule has 0 bridgehead atoms. The summed E-state index contributed by atoms with van der Waals surface area (Å²) in [6.45, 7) is 0. The summed E-state index contributed by atoms with van der Waals surface area (Å²) in [5.74, 6) is 0. The average Bonchev–Trinajstić information content (AvgIpc) is 1.90. The van der Waals surface area contributed by atoms with Gasteiger partial charge in [-0.2, -0.15) is 0 Å². The van der Waals surface area contributed by atoms with Gasteiger partial charge in [-0.25, -0.2) is 0 Å². The molecule has 8 heavy (non-hydrogen) atoms. The van der Waals surface area contributed by atoms with Crippen LogP contribution >= 0.6 is 12.9 Å². The first-order valence-electron chi connectivity index (χ1n) is 2.38. The maximum atomic E-state index is 3.96. The highest BCUT2D eigenvalue weighted by Crippen LogP contribution is 1.78. The van der Waals surface area contributed by atoms with Crippen LogP contribution in [-0.4, -0.2) is 23.2 Å². The Morgan fingerprint density at radius 1 is 1.62 bits per heavy atom. The number of hydrogen-bond donors (Lipinski definition) is 0. The zero-order chi connectivity index (χ0) is 5.82. The first-order valence-corrected chi connectivity index (χ1v) is 6.99. The molecule has 0 saturated heterocycles. The summed E-state index contributed by atoms with van der Waals surface area (Å²) in [5.41, 5.74) is 0. The molecule has 1 aromatic heterocycles. The van der Waals surface area contributed by atoms with Crippen LogP contribution in [0.25, 0.3) is 0 Å². The summed E-state index contributed by atoms with van der Waals surface area (Å²) in [6.07, 6.45) is 3.70. The summed E-state index contributed by atoms with van der Waals surface area (Å²) >= 11 is 3.30. The van der Waals surface area contributed by atoms with Gasteiger partial charge >= 0.3 is 18.2 Å². The molecule has 0 aliphatic heterocycles. The molecule has 1 aromatic rings. The van der Waals surface area contributed by atoms with Gasteiger partial charge in [0.2, 0.25) is 0 Å². The molecular weight excluding hydrogens is 178 g/mol. The van der Waals surface area contributed by atoms with Crippen molar-refractivity contribution in [2.24, 2.45) is 0 Å². The predicted octanol–water partition coefficient (Wildman–Crippen LogP) is 0.721. The fourth-order valence-electron chi connectivity index (χ4n) is 0.477. The second-order valence-corrected chi connectivity index (χ2v) is 4.26. The van der Waals surface area contributed by atoms with Gasteiger partial charge in [-0.3, -0.25) is 17.9 Å². The number of pyridine rings is 1. The van der Waals surface area contributed by atoms with E-state index in [0.29, 0.717) is 0 Å². The highest BCUT2D eigenvalue weighted by molar-refractivity contribution is 9.23. The van der Waals surface area contributed by atoms with Crippen LogP contribution in [0, 0.1) is 0 Å². The molecule has 0 radical (unpaired) electrons. The van der Waals surface area contributed by atoms with Crippen molar-refractivity contribution in [2.45, 2.75) is 0 Å². The summed E-state index contributed by atoms with van der Waals surface area (Å²) in [7, 11) is 0. The van der Waals surface area contributed by atoms with Crippen LogP contribution in [0.5, 0.6) is 0 Å². The summed E-state index contributed by atoms with van der Waals surface area (Å²) in [4.78, 5) is 3.96. The lowest BCUT2D eigenvalue weighted by Gasteiger charge is -1.86. The molecule has 0 amide bonds. The Bertz CT molecular complexity index is 154. The molecule has 38 valence electrons. The van der Waals surface area contributed by atoms with E-state index in [1.807, 2.05) is 12.3 Å². The fraction of sp³-hybridized carbons (Fsp3) is 0. The maximum Gasteiger partial charge on any atom is 0.509 e. The molecule has 0 aromatic carbocycles. The third-order valence-corrected chi connectivity index (χ3v) is 3.55. The number of nitrogens with zero attached hydrogens (tertiary/aromatic N) is 1. The molecule has 1 heterocycles. The number of halogens is 1. The third kappa shape index (κ3) is 1.72. The van der Waals surface area contributed by atoms with E-state index < -0.39 is 0 Å². The van der Waals surface area contributed by atoms with Gasteiger partial charge in [-0.15, -0.1) is 3.69 Å².